The maximum atomic E-state index is 9.94. The lowest BCUT2D eigenvalue weighted by Crippen LogP contribution is -2.33. The van der Waals surface area contributed by atoms with Crippen LogP contribution in [0.15, 0.2) is 18.2 Å². The molecule has 1 aromatic carbocycles. The van der Waals surface area contributed by atoms with E-state index in [-0.39, 0.29) is 6.04 Å². The average Bonchev–Trinajstić information content (AvgIpc) is 2.23. The minimum absolute atomic E-state index is 0.168. The van der Waals surface area contributed by atoms with E-state index < -0.39 is 6.10 Å². The van der Waals surface area contributed by atoms with Crippen molar-refractivity contribution in [2.24, 2.45) is 5.73 Å². The SMILES string of the molecule is COc1cccc2c1[C@H](O)[C@H](N)CC2. The molecule has 0 heterocycles. The Bertz CT molecular complexity index is 324. The largest absolute Gasteiger partial charge is 0.496 e. The minimum atomic E-state index is -0.588. The van der Waals surface area contributed by atoms with E-state index in [0.29, 0.717) is 0 Å². The molecule has 0 spiro atoms. The fraction of sp³-hybridized carbons (Fsp3) is 0.455. The van der Waals surface area contributed by atoms with Gasteiger partial charge in [-0.1, -0.05) is 12.1 Å². The van der Waals surface area contributed by atoms with Crippen LogP contribution in [0.5, 0.6) is 5.75 Å². The first-order chi connectivity index (χ1) is 6.74. The molecular formula is C11H15NO2. The van der Waals surface area contributed by atoms with Gasteiger partial charge in [0.1, 0.15) is 5.75 Å². The maximum absolute atomic E-state index is 9.94. The number of nitrogens with two attached hydrogens (primary N) is 1. The molecule has 1 aliphatic carbocycles. The number of rotatable bonds is 1. The van der Waals surface area contributed by atoms with Crippen molar-refractivity contribution in [1.82, 2.24) is 0 Å². The van der Waals surface area contributed by atoms with E-state index in [1.54, 1.807) is 7.11 Å². The Hall–Kier alpha value is -1.06. The van der Waals surface area contributed by atoms with E-state index in [1.165, 1.54) is 0 Å². The zero-order valence-electron chi connectivity index (χ0n) is 8.23. The zero-order valence-corrected chi connectivity index (χ0v) is 8.23. The molecule has 0 amide bonds. The fourth-order valence-corrected chi connectivity index (χ4v) is 2.02. The molecule has 2 atom stereocenters. The average molecular weight is 193 g/mol. The first-order valence-electron chi connectivity index (χ1n) is 4.83. The summed E-state index contributed by atoms with van der Waals surface area (Å²) in [5.74, 6) is 0.741. The van der Waals surface area contributed by atoms with Gasteiger partial charge in [0.25, 0.3) is 0 Å². The zero-order chi connectivity index (χ0) is 10.1. The van der Waals surface area contributed by atoms with Gasteiger partial charge >= 0.3 is 0 Å². The summed E-state index contributed by atoms with van der Waals surface area (Å²) in [4.78, 5) is 0. The van der Waals surface area contributed by atoms with E-state index >= 15 is 0 Å². The normalized spacial score (nSPS) is 25.6. The quantitative estimate of drug-likeness (QED) is 0.699. The van der Waals surface area contributed by atoms with Crippen molar-refractivity contribution in [2.75, 3.05) is 7.11 Å². The predicted molar refractivity (Wildman–Crippen MR) is 54.3 cm³/mol. The van der Waals surface area contributed by atoms with Crippen LogP contribution in [0.4, 0.5) is 0 Å². The molecule has 14 heavy (non-hydrogen) atoms. The van der Waals surface area contributed by atoms with Gasteiger partial charge in [-0.25, -0.2) is 0 Å². The molecule has 0 saturated carbocycles. The number of benzene rings is 1. The summed E-state index contributed by atoms with van der Waals surface area (Å²) in [6.07, 6.45) is 1.17. The third kappa shape index (κ3) is 1.38. The topological polar surface area (TPSA) is 55.5 Å². The van der Waals surface area contributed by atoms with Crippen molar-refractivity contribution in [1.29, 1.82) is 0 Å². The molecule has 3 heteroatoms. The lowest BCUT2D eigenvalue weighted by atomic mass is 9.86. The Balaban J connectivity index is 2.49. The lowest BCUT2D eigenvalue weighted by Gasteiger charge is -2.28. The Kier molecular flexibility index (Phi) is 2.44. The van der Waals surface area contributed by atoms with Gasteiger partial charge in [-0.2, -0.15) is 0 Å². The summed E-state index contributed by atoms with van der Waals surface area (Å²) in [6, 6.07) is 5.66. The molecule has 0 aromatic heterocycles. The van der Waals surface area contributed by atoms with Crippen molar-refractivity contribution in [3.05, 3.63) is 29.3 Å². The van der Waals surface area contributed by atoms with Crippen molar-refractivity contribution in [2.45, 2.75) is 25.0 Å². The highest BCUT2D eigenvalue weighted by Gasteiger charge is 2.27. The van der Waals surface area contributed by atoms with E-state index in [0.717, 1.165) is 29.7 Å². The monoisotopic (exact) mass is 193 g/mol. The number of aryl methyl sites for hydroxylation is 1. The number of aliphatic hydroxyl groups is 1. The molecule has 76 valence electrons. The highest BCUT2D eigenvalue weighted by molar-refractivity contribution is 5.44. The Morgan fingerprint density at radius 2 is 2.29 bits per heavy atom. The standard InChI is InChI=1S/C11H15NO2/c1-14-9-4-2-3-7-5-6-8(12)11(13)10(7)9/h2-4,8,11,13H,5-6,12H2,1H3/t8-,11-/m1/s1. The summed E-state index contributed by atoms with van der Waals surface area (Å²) >= 11 is 0. The van der Waals surface area contributed by atoms with Crippen molar-refractivity contribution in [3.63, 3.8) is 0 Å². The first-order valence-corrected chi connectivity index (χ1v) is 4.83. The third-order valence-corrected chi connectivity index (χ3v) is 2.82. The maximum Gasteiger partial charge on any atom is 0.124 e. The molecule has 0 unspecified atom stereocenters. The molecule has 0 radical (unpaired) electrons. The van der Waals surface area contributed by atoms with Gasteiger partial charge in [-0.3, -0.25) is 0 Å². The van der Waals surface area contributed by atoms with Crippen molar-refractivity contribution in [3.8, 4) is 5.75 Å². The van der Waals surface area contributed by atoms with Crippen LogP contribution in [0.1, 0.15) is 23.7 Å². The highest BCUT2D eigenvalue weighted by atomic mass is 16.5. The van der Waals surface area contributed by atoms with E-state index in [9.17, 15) is 5.11 Å². The predicted octanol–water partition coefficient (Wildman–Crippen LogP) is 1.00. The van der Waals surface area contributed by atoms with E-state index in [4.69, 9.17) is 10.5 Å². The van der Waals surface area contributed by atoms with Gasteiger partial charge in [0.2, 0.25) is 0 Å². The number of methoxy groups -OCH3 is 1. The number of hydrogen-bond acceptors (Lipinski definition) is 3. The van der Waals surface area contributed by atoms with Gasteiger partial charge in [0.05, 0.1) is 13.2 Å². The van der Waals surface area contributed by atoms with Crippen LogP contribution in [0.25, 0.3) is 0 Å². The number of aliphatic hydroxyl groups excluding tert-OH is 1. The summed E-state index contributed by atoms with van der Waals surface area (Å²) in [7, 11) is 1.61. The second-order valence-electron chi connectivity index (χ2n) is 3.68. The van der Waals surface area contributed by atoms with Crippen molar-refractivity contribution < 1.29 is 9.84 Å². The summed E-state index contributed by atoms with van der Waals surface area (Å²) in [6.45, 7) is 0. The van der Waals surface area contributed by atoms with Gasteiger partial charge in [0.15, 0.2) is 0 Å². The molecule has 0 bridgehead atoms. The lowest BCUT2D eigenvalue weighted by molar-refractivity contribution is 0.130. The molecule has 1 aromatic rings. The Labute approximate surface area is 83.5 Å². The third-order valence-electron chi connectivity index (χ3n) is 2.82. The summed E-state index contributed by atoms with van der Waals surface area (Å²) in [5, 5.41) is 9.94. The molecule has 0 aliphatic heterocycles. The van der Waals surface area contributed by atoms with Crippen LogP contribution in [0, 0.1) is 0 Å². The van der Waals surface area contributed by atoms with Crippen LogP contribution in [0.3, 0.4) is 0 Å². The van der Waals surface area contributed by atoms with E-state index in [1.807, 2.05) is 18.2 Å². The molecular weight excluding hydrogens is 178 g/mol. The Morgan fingerprint density at radius 1 is 1.50 bits per heavy atom. The minimum Gasteiger partial charge on any atom is -0.496 e. The molecule has 1 aliphatic rings. The van der Waals surface area contributed by atoms with Crippen LogP contribution in [0.2, 0.25) is 0 Å². The molecule has 3 N–H and O–H groups in total. The van der Waals surface area contributed by atoms with Gasteiger partial charge < -0.3 is 15.6 Å². The molecule has 2 rings (SSSR count). The van der Waals surface area contributed by atoms with Gasteiger partial charge in [-0.05, 0) is 24.5 Å². The molecule has 0 fully saturated rings. The smallest absolute Gasteiger partial charge is 0.124 e. The van der Waals surface area contributed by atoms with Crippen LogP contribution >= 0.6 is 0 Å². The second kappa shape index (κ2) is 3.59. The highest BCUT2D eigenvalue weighted by Crippen LogP contribution is 2.35. The Morgan fingerprint density at radius 3 is 3.00 bits per heavy atom. The molecule has 3 nitrogen and oxygen atoms in total. The van der Waals surface area contributed by atoms with Crippen LogP contribution in [-0.2, 0) is 6.42 Å². The van der Waals surface area contributed by atoms with Crippen LogP contribution < -0.4 is 10.5 Å². The fourth-order valence-electron chi connectivity index (χ4n) is 2.02. The molecule has 0 saturated heterocycles. The van der Waals surface area contributed by atoms with Crippen molar-refractivity contribution >= 4 is 0 Å². The number of hydrogen-bond donors (Lipinski definition) is 2. The summed E-state index contributed by atoms with van der Waals surface area (Å²) < 4.78 is 5.22. The number of ether oxygens (including phenoxy) is 1. The van der Waals surface area contributed by atoms with E-state index in [2.05, 4.69) is 0 Å². The summed E-state index contributed by atoms with van der Waals surface area (Å²) in [5.41, 5.74) is 7.83. The number of fused-ring (bicyclic) bond motifs is 1. The van der Waals surface area contributed by atoms with Crippen LogP contribution in [-0.4, -0.2) is 18.3 Å². The van der Waals surface area contributed by atoms with Gasteiger partial charge in [0, 0.05) is 11.6 Å². The second-order valence-corrected chi connectivity index (χ2v) is 3.68. The first kappa shape index (κ1) is 9.49. The van der Waals surface area contributed by atoms with Gasteiger partial charge in [-0.15, -0.1) is 0 Å².